The first kappa shape index (κ1) is 76.2. The second-order valence-corrected chi connectivity index (χ2v) is 24.1. The summed E-state index contributed by atoms with van der Waals surface area (Å²) >= 11 is 0. The highest BCUT2D eigenvalue weighted by atomic mass is 16.7. The Hall–Kier alpha value is -2.75. The number of carboxylic acid groups (broad SMARTS) is 1. The van der Waals surface area contributed by atoms with Crippen molar-refractivity contribution in [3.8, 4) is 0 Å². The van der Waals surface area contributed by atoms with Crippen LogP contribution in [-0.2, 0) is 33.3 Å². The lowest BCUT2D eigenvalue weighted by molar-refractivity contribution is -0.870. The van der Waals surface area contributed by atoms with Crippen LogP contribution in [0.5, 0.6) is 0 Å². The van der Waals surface area contributed by atoms with Crippen molar-refractivity contribution in [1.82, 2.24) is 0 Å². The molecular weight excluding hydrogens is 983 g/mol. The number of carbonyl (C=O) groups excluding carboxylic acids is 3. The van der Waals surface area contributed by atoms with Gasteiger partial charge >= 0.3 is 11.9 Å². The molecule has 0 aliphatic heterocycles. The third-order valence-electron chi connectivity index (χ3n) is 15.0. The molecule has 0 fully saturated rings. The van der Waals surface area contributed by atoms with Crippen molar-refractivity contribution >= 4 is 17.9 Å². The minimum absolute atomic E-state index is 0.149. The van der Waals surface area contributed by atoms with Crippen LogP contribution in [0.4, 0.5) is 0 Å². The maximum Gasteiger partial charge on any atom is 0.306 e. The van der Waals surface area contributed by atoms with Gasteiger partial charge in [0.1, 0.15) is 13.2 Å². The van der Waals surface area contributed by atoms with Crippen LogP contribution in [0.25, 0.3) is 0 Å². The van der Waals surface area contributed by atoms with E-state index in [1.807, 2.05) is 21.1 Å². The lowest BCUT2D eigenvalue weighted by Gasteiger charge is -2.26. The maximum absolute atomic E-state index is 12.9. The smallest absolute Gasteiger partial charge is 0.306 e. The van der Waals surface area contributed by atoms with Crippen molar-refractivity contribution in [3.63, 3.8) is 0 Å². The highest BCUT2D eigenvalue weighted by molar-refractivity contribution is 5.70. The molecule has 0 heterocycles. The second-order valence-electron chi connectivity index (χ2n) is 24.1. The Morgan fingerprint density at radius 1 is 0.380 bits per heavy atom. The summed E-state index contributed by atoms with van der Waals surface area (Å²) in [4.78, 5) is 37.4. The summed E-state index contributed by atoms with van der Waals surface area (Å²) in [5, 5.41) is 11.8. The van der Waals surface area contributed by atoms with Crippen molar-refractivity contribution in [2.24, 2.45) is 0 Å². The molecule has 9 heteroatoms. The highest BCUT2D eigenvalue weighted by Gasteiger charge is 2.22. The van der Waals surface area contributed by atoms with Crippen molar-refractivity contribution < 1.29 is 42.9 Å². The van der Waals surface area contributed by atoms with Crippen molar-refractivity contribution in [3.05, 3.63) is 48.6 Å². The van der Waals surface area contributed by atoms with Gasteiger partial charge in [-0.1, -0.05) is 281 Å². The summed E-state index contributed by atoms with van der Waals surface area (Å²) in [6.07, 6.45) is 74.7. The zero-order valence-corrected chi connectivity index (χ0v) is 52.8. The van der Waals surface area contributed by atoms with Crippen LogP contribution in [0.3, 0.4) is 0 Å². The van der Waals surface area contributed by atoms with Crippen LogP contribution in [0, 0.1) is 0 Å². The number of likely N-dealkylation sites (N-methyl/N-ethyl adjacent to an activating group) is 1. The van der Waals surface area contributed by atoms with E-state index in [-0.39, 0.29) is 32.2 Å². The predicted octanol–water partition coefficient (Wildman–Crippen LogP) is 19.2. The van der Waals surface area contributed by atoms with Gasteiger partial charge in [-0.05, 0) is 77.0 Å². The van der Waals surface area contributed by atoms with Gasteiger partial charge in [0, 0.05) is 12.8 Å². The fourth-order valence-corrected chi connectivity index (χ4v) is 9.84. The average Bonchev–Trinajstić information content (AvgIpc) is 3.42. The number of nitrogens with zero attached hydrogens (tertiary/aromatic N) is 1. The number of aliphatic carboxylic acids is 1. The zero-order chi connectivity index (χ0) is 57.6. The average molecular weight is 1110 g/mol. The van der Waals surface area contributed by atoms with E-state index in [9.17, 15) is 19.5 Å². The first-order valence-corrected chi connectivity index (χ1v) is 33.8. The van der Waals surface area contributed by atoms with E-state index in [1.165, 1.54) is 244 Å². The van der Waals surface area contributed by atoms with Gasteiger partial charge < -0.3 is 33.3 Å². The molecule has 0 amide bonds. The number of quaternary nitrogens is 1. The molecule has 462 valence electrons. The summed E-state index contributed by atoms with van der Waals surface area (Å²) in [5.74, 6) is -2.27. The maximum atomic E-state index is 12.9. The molecule has 0 aromatic carbocycles. The Kier molecular flexibility index (Phi) is 59.2. The molecule has 0 rings (SSSR count). The Morgan fingerprint density at radius 3 is 1.03 bits per heavy atom. The molecule has 2 unspecified atom stereocenters. The largest absolute Gasteiger partial charge is 0.545 e. The van der Waals surface area contributed by atoms with Crippen LogP contribution in [0.15, 0.2) is 48.6 Å². The Balaban J connectivity index is 4.09. The Bertz CT molecular complexity index is 1430. The molecule has 0 saturated heterocycles. The van der Waals surface area contributed by atoms with E-state index in [0.29, 0.717) is 23.9 Å². The van der Waals surface area contributed by atoms with Gasteiger partial charge in [0.15, 0.2) is 12.4 Å². The number of carboxylic acids is 1. The number of carbonyl (C=O) groups is 3. The number of ether oxygens (including phenoxy) is 4. The number of hydrogen-bond acceptors (Lipinski definition) is 8. The van der Waals surface area contributed by atoms with Gasteiger partial charge in [0.2, 0.25) is 0 Å². The molecule has 0 radical (unpaired) electrons. The topological polar surface area (TPSA) is 111 Å². The minimum Gasteiger partial charge on any atom is -0.545 e. The molecule has 0 N–H and O–H groups in total. The van der Waals surface area contributed by atoms with E-state index in [0.717, 1.165) is 44.9 Å². The number of rotatable bonds is 63. The highest BCUT2D eigenvalue weighted by Crippen LogP contribution is 2.18. The molecule has 0 saturated carbocycles. The minimum atomic E-state index is -1.62. The van der Waals surface area contributed by atoms with E-state index in [2.05, 4.69) is 62.5 Å². The first-order valence-electron chi connectivity index (χ1n) is 33.8. The predicted molar refractivity (Wildman–Crippen MR) is 334 cm³/mol. The van der Waals surface area contributed by atoms with Gasteiger partial charge in [-0.15, -0.1) is 0 Å². The number of esters is 2. The van der Waals surface area contributed by atoms with E-state index in [4.69, 9.17) is 18.9 Å². The van der Waals surface area contributed by atoms with Crippen LogP contribution in [0.1, 0.15) is 322 Å². The van der Waals surface area contributed by atoms with Crippen LogP contribution in [0.2, 0.25) is 0 Å². The lowest BCUT2D eigenvalue weighted by Crippen LogP contribution is -2.44. The summed E-state index contributed by atoms with van der Waals surface area (Å²) in [6.45, 7) is 4.78. The van der Waals surface area contributed by atoms with Crippen LogP contribution in [-0.4, -0.2) is 82.3 Å². The molecule has 2 atom stereocenters. The number of allylic oxidation sites excluding steroid dienone is 8. The van der Waals surface area contributed by atoms with Crippen molar-refractivity contribution in [1.29, 1.82) is 0 Å². The fraction of sp³-hybridized carbons (Fsp3) is 0.843. The molecule has 0 aliphatic rings. The molecular formula is C70H129NO8. The first-order chi connectivity index (χ1) is 38.6. The van der Waals surface area contributed by atoms with Gasteiger partial charge in [0.05, 0.1) is 40.3 Å². The third-order valence-corrected chi connectivity index (χ3v) is 15.0. The van der Waals surface area contributed by atoms with Gasteiger partial charge in [-0.3, -0.25) is 9.59 Å². The summed E-state index contributed by atoms with van der Waals surface area (Å²) in [7, 11) is 5.94. The Morgan fingerprint density at radius 2 is 0.684 bits per heavy atom. The Labute approximate surface area is 489 Å². The lowest BCUT2D eigenvalue weighted by atomic mass is 10.0. The van der Waals surface area contributed by atoms with Gasteiger partial charge in [0.25, 0.3) is 0 Å². The molecule has 79 heavy (non-hydrogen) atoms. The van der Waals surface area contributed by atoms with Crippen LogP contribution >= 0.6 is 0 Å². The van der Waals surface area contributed by atoms with Crippen LogP contribution < -0.4 is 5.11 Å². The van der Waals surface area contributed by atoms with E-state index < -0.39 is 24.3 Å². The summed E-state index contributed by atoms with van der Waals surface area (Å²) in [5.41, 5.74) is 0. The SMILES string of the molecule is CCCCCCC/C=C\C/C=C\C/C=C\CCCCCCCCCCCCCCCCCCCCC(=O)OC(COC(=O)CCCCCCCCCCC/C=C\CCCCCCCCCC)COC(OCC[N+](C)(C)C)C(=O)[O-]. The van der Waals surface area contributed by atoms with Crippen molar-refractivity contribution in [2.45, 2.75) is 334 Å². The molecule has 9 nitrogen and oxygen atoms in total. The zero-order valence-electron chi connectivity index (χ0n) is 52.8. The summed E-state index contributed by atoms with van der Waals surface area (Å²) < 4.78 is 22.8. The number of unbranched alkanes of at least 4 members (excludes halogenated alkanes) is 40. The van der Waals surface area contributed by atoms with Gasteiger partial charge in [-0.2, -0.15) is 0 Å². The van der Waals surface area contributed by atoms with Crippen molar-refractivity contribution in [2.75, 3.05) is 47.5 Å². The fourth-order valence-electron chi connectivity index (χ4n) is 9.84. The molecule has 0 aromatic heterocycles. The van der Waals surface area contributed by atoms with Gasteiger partial charge in [-0.25, -0.2) is 0 Å². The number of hydrogen-bond donors (Lipinski definition) is 0. The standard InChI is InChI=1S/C70H129NO8/c1-6-8-10-12-14-16-18-20-22-24-26-28-29-30-31-32-33-34-35-36-37-38-39-41-43-45-47-49-51-53-55-57-59-61-68(73)79-66(65-78-70(69(74)75)76-63-62-71(3,4)5)64-77-67(72)60-58-56-54-52-50-48-46-44-42-40-27-25-23-21-19-17-15-13-11-9-7-2/h18,20,24-27,29-30,66,70H,6-17,19,21-23,28,31-65H2,1-5H3/b20-18-,26-24-,27-25-,30-29-. The van der Waals surface area contributed by atoms with E-state index >= 15 is 0 Å². The quantitative estimate of drug-likeness (QED) is 0.0195. The molecule has 0 spiro atoms. The molecule has 0 bridgehead atoms. The summed E-state index contributed by atoms with van der Waals surface area (Å²) in [6, 6.07) is 0. The second kappa shape index (κ2) is 61.3. The monoisotopic (exact) mass is 1110 g/mol. The molecule has 0 aliphatic carbocycles. The third kappa shape index (κ3) is 62.7. The van der Waals surface area contributed by atoms with E-state index in [1.54, 1.807) is 0 Å². The normalized spacial score (nSPS) is 13.0. The molecule has 0 aromatic rings.